The molecule has 0 heterocycles. The minimum absolute atomic E-state index is 0.0802. The van der Waals surface area contributed by atoms with E-state index in [9.17, 15) is 0 Å². The van der Waals surface area contributed by atoms with E-state index in [1.165, 1.54) is 5.56 Å². The molecule has 2 unspecified atom stereocenters. The Morgan fingerprint density at radius 2 is 1.71 bits per heavy atom. The predicted molar refractivity (Wildman–Crippen MR) is 84.0 cm³/mol. The third kappa shape index (κ3) is 3.84. The van der Waals surface area contributed by atoms with E-state index >= 15 is 0 Å². The van der Waals surface area contributed by atoms with Crippen LogP contribution >= 0.6 is 0 Å². The van der Waals surface area contributed by atoms with E-state index in [1.54, 1.807) is 12.1 Å². The summed E-state index contributed by atoms with van der Waals surface area (Å²) in [4.78, 5) is 0. The van der Waals surface area contributed by atoms with Crippen molar-refractivity contribution in [3.05, 3.63) is 65.2 Å². The maximum atomic E-state index is 8.83. The van der Waals surface area contributed by atoms with Crippen molar-refractivity contribution < 1.29 is 4.74 Å². The maximum absolute atomic E-state index is 8.83. The van der Waals surface area contributed by atoms with Crippen LogP contribution in [-0.2, 0) is 0 Å². The highest BCUT2D eigenvalue weighted by Crippen LogP contribution is 2.26. The van der Waals surface area contributed by atoms with Crippen molar-refractivity contribution in [3.8, 4) is 11.8 Å². The van der Waals surface area contributed by atoms with Crippen molar-refractivity contribution in [2.45, 2.75) is 32.4 Å². The van der Waals surface area contributed by atoms with Gasteiger partial charge in [-0.25, -0.2) is 0 Å². The Hall–Kier alpha value is -2.31. The van der Waals surface area contributed by atoms with Gasteiger partial charge in [0.1, 0.15) is 11.9 Å². The molecule has 2 aromatic carbocycles. The molecule has 0 radical (unpaired) electrons. The summed E-state index contributed by atoms with van der Waals surface area (Å²) in [6, 6.07) is 17.4. The highest BCUT2D eigenvalue weighted by molar-refractivity contribution is 5.35. The molecular weight excluding hydrogens is 260 g/mol. The average molecular weight is 280 g/mol. The fourth-order valence-corrected chi connectivity index (χ4v) is 2.13. The third-order valence-electron chi connectivity index (χ3n) is 3.51. The quantitative estimate of drug-likeness (QED) is 0.908. The van der Waals surface area contributed by atoms with Crippen LogP contribution in [0.5, 0.6) is 5.75 Å². The highest BCUT2D eigenvalue weighted by atomic mass is 16.5. The second-order valence-electron chi connectivity index (χ2n) is 5.16. The smallest absolute Gasteiger partial charge is 0.139 e. The zero-order valence-electron chi connectivity index (χ0n) is 12.4. The molecule has 0 aliphatic rings. The first-order chi connectivity index (χ1) is 10.1. The second kappa shape index (κ2) is 6.92. The first-order valence-electron chi connectivity index (χ1n) is 7.13. The summed E-state index contributed by atoms with van der Waals surface area (Å²) >= 11 is 0. The molecule has 3 heteroatoms. The van der Waals surface area contributed by atoms with E-state index in [1.807, 2.05) is 19.1 Å². The molecular formula is C18H20N2O. The maximum Gasteiger partial charge on any atom is 0.139 e. The molecule has 108 valence electrons. The molecule has 0 saturated heterocycles. The number of hydrogen-bond acceptors (Lipinski definition) is 3. The van der Waals surface area contributed by atoms with Gasteiger partial charge < -0.3 is 10.5 Å². The summed E-state index contributed by atoms with van der Waals surface area (Å²) in [6.07, 6.45) is 0.637. The second-order valence-corrected chi connectivity index (χ2v) is 5.16. The minimum Gasteiger partial charge on any atom is -0.484 e. The van der Waals surface area contributed by atoms with Gasteiger partial charge in [-0.2, -0.15) is 5.26 Å². The normalized spacial score (nSPS) is 13.2. The molecule has 0 aliphatic heterocycles. The van der Waals surface area contributed by atoms with Crippen LogP contribution in [0.1, 0.15) is 36.1 Å². The summed E-state index contributed by atoms with van der Waals surface area (Å²) in [5.74, 6) is 0.725. The summed E-state index contributed by atoms with van der Waals surface area (Å²) in [5, 5.41) is 8.83. The molecule has 2 aromatic rings. The standard InChI is InChI=1S/C18H20N2O/c1-3-17(20)18(15-8-4-13(2)5-9-15)21-16-10-6-14(12-19)7-11-16/h4-11,17-18H,3,20H2,1-2H3. The van der Waals surface area contributed by atoms with E-state index in [4.69, 9.17) is 15.7 Å². The van der Waals surface area contributed by atoms with Crippen molar-refractivity contribution >= 4 is 0 Å². The first-order valence-corrected chi connectivity index (χ1v) is 7.13. The number of nitrogens with two attached hydrogens (primary N) is 1. The predicted octanol–water partition coefficient (Wildman–Crippen LogP) is 3.72. The highest BCUT2D eigenvalue weighted by Gasteiger charge is 2.20. The Morgan fingerprint density at radius 1 is 1.10 bits per heavy atom. The molecule has 0 aromatic heterocycles. The van der Waals surface area contributed by atoms with E-state index in [0.29, 0.717) is 5.56 Å². The monoisotopic (exact) mass is 280 g/mol. The van der Waals surface area contributed by atoms with Crippen molar-refractivity contribution in [1.82, 2.24) is 0 Å². The van der Waals surface area contributed by atoms with Gasteiger partial charge >= 0.3 is 0 Å². The van der Waals surface area contributed by atoms with Gasteiger partial charge in [-0.1, -0.05) is 36.8 Å². The lowest BCUT2D eigenvalue weighted by atomic mass is 9.99. The van der Waals surface area contributed by atoms with Crippen LogP contribution in [0.3, 0.4) is 0 Å². The van der Waals surface area contributed by atoms with Crippen molar-refractivity contribution in [3.63, 3.8) is 0 Å². The van der Waals surface area contributed by atoms with E-state index in [-0.39, 0.29) is 12.1 Å². The number of nitriles is 1. The molecule has 0 amide bonds. The Labute approximate surface area is 126 Å². The summed E-state index contributed by atoms with van der Waals surface area (Å²) in [5.41, 5.74) is 9.11. The summed E-state index contributed by atoms with van der Waals surface area (Å²) in [6.45, 7) is 4.11. The van der Waals surface area contributed by atoms with Crippen LogP contribution in [-0.4, -0.2) is 6.04 Å². The summed E-state index contributed by atoms with van der Waals surface area (Å²) < 4.78 is 6.06. The molecule has 2 rings (SSSR count). The third-order valence-corrected chi connectivity index (χ3v) is 3.51. The molecule has 0 aliphatic carbocycles. The molecule has 0 bridgehead atoms. The van der Waals surface area contributed by atoms with Crippen LogP contribution in [0.25, 0.3) is 0 Å². The topological polar surface area (TPSA) is 59.0 Å². The zero-order valence-corrected chi connectivity index (χ0v) is 12.4. The fourth-order valence-electron chi connectivity index (χ4n) is 2.13. The SMILES string of the molecule is CCC(N)C(Oc1ccc(C#N)cc1)c1ccc(C)cc1. The van der Waals surface area contributed by atoms with Crippen LogP contribution in [0.15, 0.2) is 48.5 Å². The van der Waals surface area contributed by atoms with Gasteiger partial charge in [-0.15, -0.1) is 0 Å². The summed E-state index contributed by atoms with van der Waals surface area (Å²) in [7, 11) is 0. The number of ether oxygens (including phenoxy) is 1. The molecule has 0 fully saturated rings. The molecule has 0 saturated carbocycles. The lowest BCUT2D eigenvalue weighted by Gasteiger charge is -2.25. The zero-order chi connectivity index (χ0) is 15.2. The Morgan fingerprint density at radius 3 is 2.24 bits per heavy atom. The molecule has 3 nitrogen and oxygen atoms in total. The number of benzene rings is 2. The number of rotatable bonds is 5. The van der Waals surface area contributed by atoms with Crippen LogP contribution in [0.4, 0.5) is 0 Å². The fraction of sp³-hybridized carbons (Fsp3) is 0.278. The number of aryl methyl sites for hydroxylation is 1. The lowest BCUT2D eigenvalue weighted by molar-refractivity contribution is 0.171. The van der Waals surface area contributed by atoms with E-state index in [0.717, 1.165) is 17.7 Å². The van der Waals surface area contributed by atoms with Gasteiger partial charge in [-0.05, 0) is 43.2 Å². The van der Waals surface area contributed by atoms with E-state index in [2.05, 4.69) is 37.3 Å². The van der Waals surface area contributed by atoms with Gasteiger partial charge in [-0.3, -0.25) is 0 Å². The molecule has 21 heavy (non-hydrogen) atoms. The molecule has 2 N–H and O–H groups in total. The van der Waals surface area contributed by atoms with Crippen LogP contribution < -0.4 is 10.5 Å². The van der Waals surface area contributed by atoms with Crippen molar-refractivity contribution in [2.75, 3.05) is 0 Å². The van der Waals surface area contributed by atoms with E-state index < -0.39 is 0 Å². The van der Waals surface area contributed by atoms with Crippen molar-refractivity contribution in [1.29, 1.82) is 5.26 Å². The molecule has 2 atom stereocenters. The molecule has 0 spiro atoms. The Balaban J connectivity index is 2.23. The van der Waals surface area contributed by atoms with Gasteiger partial charge in [0.2, 0.25) is 0 Å². The van der Waals surface area contributed by atoms with Crippen LogP contribution in [0.2, 0.25) is 0 Å². The lowest BCUT2D eigenvalue weighted by Crippen LogP contribution is -2.31. The van der Waals surface area contributed by atoms with Gasteiger partial charge in [0.25, 0.3) is 0 Å². The van der Waals surface area contributed by atoms with Gasteiger partial charge in [0.05, 0.1) is 11.6 Å². The number of hydrogen-bond donors (Lipinski definition) is 1. The first kappa shape index (κ1) is 15.1. The average Bonchev–Trinajstić information content (AvgIpc) is 2.53. The number of nitrogens with zero attached hydrogens (tertiary/aromatic N) is 1. The van der Waals surface area contributed by atoms with Crippen molar-refractivity contribution in [2.24, 2.45) is 5.73 Å². The van der Waals surface area contributed by atoms with Gasteiger partial charge in [0, 0.05) is 6.04 Å². The Bertz CT molecular complexity index is 611. The van der Waals surface area contributed by atoms with Crippen LogP contribution in [0, 0.1) is 18.3 Å². The Kier molecular flexibility index (Phi) is 4.97. The largest absolute Gasteiger partial charge is 0.484 e. The van der Waals surface area contributed by atoms with Gasteiger partial charge in [0.15, 0.2) is 0 Å². The minimum atomic E-state index is -0.191.